The average molecular weight is 1400 g/mol. The zero-order valence-corrected chi connectivity index (χ0v) is 63.6. The molecule has 0 radical (unpaired) electrons. The first-order chi connectivity index (χ1) is 46.0. The quantitative estimate of drug-likeness (QED) is 0.0222. The third kappa shape index (κ3) is 70.3. The summed E-state index contributed by atoms with van der Waals surface area (Å²) in [6.45, 7) is 7.28. The number of aliphatic hydroxyl groups excluding tert-OH is 1. The molecule has 0 amide bonds. The molecular formula is C76H148O17P2. The summed E-state index contributed by atoms with van der Waals surface area (Å²) in [5, 5.41) is 10.6. The van der Waals surface area contributed by atoms with Gasteiger partial charge in [0.25, 0.3) is 0 Å². The van der Waals surface area contributed by atoms with Crippen molar-refractivity contribution in [3.05, 3.63) is 0 Å². The fraction of sp³-hybridized carbons (Fsp3) is 0.947. The van der Waals surface area contributed by atoms with Crippen LogP contribution in [0, 0.1) is 5.92 Å². The Hall–Kier alpha value is -1.94. The highest BCUT2D eigenvalue weighted by Gasteiger charge is 2.30. The van der Waals surface area contributed by atoms with Gasteiger partial charge in [0.2, 0.25) is 0 Å². The van der Waals surface area contributed by atoms with Crippen molar-refractivity contribution in [3.63, 3.8) is 0 Å². The Kier molecular flexibility index (Phi) is 67.7. The lowest BCUT2D eigenvalue weighted by molar-refractivity contribution is -0.161. The molecule has 564 valence electrons. The van der Waals surface area contributed by atoms with Crippen molar-refractivity contribution in [1.82, 2.24) is 0 Å². The summed E-state index contributed by atoms with van der Waals surface area (Å²) in [5.74, 6) is -1.33. The summed E-state index contributed by atoms with van der Waals surface area (Å²) in [6.07, 6.45) is 58.4. The zero-order chi connectivity index (χ0) is 69.8. The molecule has 0 fully saturated rings. The number of unbranched alkanes of at least 4 members (excludes halogenated alkanes) is 48. The highest BCUT2D eigenvalue weighted by Crippen LogP contribution is 2.45. The van der Waals surface area contributed by atoms with Crippen LogP contribution in [0.4, 0.5) is 0 Å². The van der Waals surface area contributed by atoms with Gasteiger partial charge in [-0.15, -0.1) is 0 Å². The van der Waals surface area contributed by atoms with E-state index in [1.54, 1.807) is 0 Å². The Morgan fingerprint density at radius 2 is 0.484 bits per heavy atom. The molecule has 0 spiro atoms. The Bertz CT molecular complexity index is 1820. The number of hydrogen-bond acceptors (Lipinski definition) is 15. The zero-order valence-electron chi connectivity index (χ0n) is 61.8. The van der Waals surface area contributed by atoms with Gasteiger partial charge in [-0.05, 0) is 31.6 Å². The van der Waals surface area contributed by atoms with E-state index in [1.165, 1.54) is 218 Å². The van der Waals surface area contributed by atoms with Crippen LogP contribution in [0.1, 0.15) is 401 Å². The molecule has 19 heteroatoms. The number of carbonyl (C=O) groups is 4. The first kappa shape index (κ1) is 93.1. The second-order valence-electron chi connectivity index (χ2n) is 27.9. The molecule has 0 saturated carbocycles. The second-order valence-corrected chi connectivity index (χ2v) is 30.8. The van der Waals surface area contributed by atoms with Gasteiger partial charge in [0, 0.05) is 25.7 Å². The van der Waals surface area contributed by atoms with E-state index >= 15 is 0 Å². The van der Waals surface area contributed by atoms with Gasteiger partial charge in [-0.1, -0.05) is 349 Å². The number of ether oxygens (including phenoxy) is 4. The van der Waals surface area contributed by atoms with E-state index in [4.69, 9.17) is 37.0 Å². The van der Waals surface area contributed by atoms with E-state index in [-0.39, 0.29) is 25.7 Å². The first-order valence-electron chi connectivity index (χ1n) is 39.6. The normalized spacial score (nSPS) is 13.9. The maximum absolute atomic E-state index is 13.1. The number of phosphoric acid groups is 2. The van der Waals surface area contributed by atoms with Crippen LogP contribution in [0.15, 0.2) is 0 Å². The van der Waals surface area contributed by atoms with Crippen molar-refractivity contribution in [3.8, 4) is 0 Å². The van der Waals surface area contributed by atoms with Crippen LogP contribution in [0.25, 0.3) is 0 Å². The van der Waals surface area contributed by atoms with Crippen molar-refractivity contribution in [1.29, 1.82) is 0 Å². The van der Waals surface area contributed by atoms with Gasteiger partial charge in [-0.3, -0.25) is 37.3 Å². The van der Waals surface area contributed by atoms with Crippen LogP contribution in [0.2, 0.25) is 0 Å². The molecule has 0 bridgehead atoms. The summed E-state index contributed by atoms with van der Waals surface area (Å²) in [6, 6.07) is 0. The summed E-state index contributed by atoms with van der Waals surface area (Å²) >= 11 is 0. The predicted molar refractivity (Wildman–Crippen MR) is 386 cm³/mol. The largest absolute Gasteiger partial charge is 0.472 e. The van der Waals surface area contributed by atoms with Gasteiger partial charge in [0.15, 0.2) is 12.2 Å². The molecule has 0 aliphatic rings. The number of carbonyl (C=O) groups excluding carboxylic acids is 4. The number of rotatable bonds is 76. The lowest BCUT2D eigenvalue weighted by atomic mass is 10.0. The number of esters is 4. The Morgan fingerprint density at radius 3 is 0.716 bits per heavy atom. The Labute approximate surface area is 581 Å². The minimum absolute atomic E-state index is 0.107. The smallest absolute Gasteiger partial charge is 0.462 e. The average Bonchev–Trinajstić information content (AvgIpc) is 2.35. The topological polar surface area (TPSA) is 237 Å². The van der Waals surface area contributed by atoms with Gasteiger partial charge in [-0.2, -0.15) is 0 Å². The van der Waals surface area contributed by atoms with E-state index in [0.717, 1.165) is 102 Å². The van der Waals surface area contributed by atoms with Crippen molar-refractivity contribution < 1.29 is 80.2 Å². The molecule has 0 aromatic heterocycles. The molecule has 0 heterocycles. The lowest BCUT2D eigenvalue weighted by Crippen LogP contribution is -2.30. The lowest BCUT2D eigenvalue weighted by Gasteiger charge is -2.21. The van der Waals surface area contributed by atoms with Crippen LogP contribution in [0.3, 0.4) is 0 Å². The highest BCUT2D eigenvalue weighted by molar-refractivity contribution is 7.47. The fourth-order valence-electron chi connectivity index (χ4n) is 11.7. The summed E-state index contributed by atoms with van der Waals surface area (Å²) in [7, 11) is -9.90. The monoisotopic (exact) mass is 1400 g/mol. The van der Waals surface area contributed by atoms with Crippen molar-refractivity contribution in [2.24, 2.45) is 5.92 Å². The van der Waals surface area contributed by atoms with Crippen LogP contribution in [0.5, 0.6) is 0 Å². The molecule has 2 unspecified atom stereocenters. The second kappa shape index (κ2) is 69.2. The van der Waals surface area contributed by atoms with E-state index in [1.807, 2.05) is 0 Å². The van der Waals surface area contributed by atoms with Crippen LogP contribution in [-0.4, -0.2) is 96.7 Å². The molecule has 3 N–H and O–H groups in total. The molecule has 0 aromatic rings. The SMILES string of the molecule is CCCCCCCCCCCCCCCCCCCCCCC(=O)O[C@H](COC(=O)CCCCCCCCCCCCCCCC(C)C)COP(=O)(O)OC[C@@H](O)COP(=O)(O)OC[C@@H](COC(=O)CCCCCCCCCC)OC(=O)CCCCCCCCCCCCC. The van der Waals surface area contributed by atoms with Gasteiger partial charge >= 0.3 is 39.5 Å². The molecule has 5 atom stereocenters. The summed E-state index contributed by atoms with van der Waals surface area (Å²) in [5.41, 5.74) is 0. The number of hydrogen-bond donors (Lipinski definition) is 3. The third-order valence-corrected chi connectivity index (χ3v) is 19.7. The van der Waals surface area contributed by atoms with E-state index < -0.39 is 97.5 Å². The first-order valence-corrected chi connectivity index (χ1v) is 42.6. The van der Waals surface area contributed by atoms with Gasteiger partial charge in [0.1, 0.15) is 19.3 Å². The molecule has 0 rings (SSSR count). The molecule has 0 saturated heterocycles. The van der Waals surface area contributed by atoms with Crippen molar-refractivity contribution in [2.45, 2.75) is 419 Å². The Balaban J connectivity index is 5.19. The van der Waals surface area contributed by atoms with Crippen LogP contribution in [-0.2, 0) is 65.4 Å². The van der Waals surface area contributed by atoms with Gasteiger partial charge in [0.05, 0.1) is 26.4 Å². The minimum atomic E-state index is -4.96. The molecule has 0 aliphatic carbocycles. The number of aliphatic hydroxyl groups is 1. The highest BCUT2D eigenvalue weighted by atomic mass is 31.2. The molecule has 95 heavy (non-hydrogen) atoms. The van der Waals surface area contributed by atoms with Crippen LogP contribution >= 0.6 is 15.6 Å². The third-order valence-electron chi connectivity index (χ3n) is 17.8. The summed E-state index contributed by atoms with van der Waals surface area (Å²) in [4.78, 5) is 72.7. The van der Waals surface area contributed by atoms with Gasteiger partial charge < -0.3 is 33.8 Å². The molecule has 0 aliphatic heterocycles. The van der Waals surface area contributed by atoms with E-state index in [0.29, 0.717) is 25.7 Å². The fourth-order valence-corrected chi connectivity index (χ4v) is 13.3. The van der Waals surface area contributed by atoms with E-state index in [2.05, 4.69) is 34.6 Å². The number of phosphoric ester groups is 2. The summed E-state index contributed by atoms with van der Waals surface area (Å²) < 4.78 is 68.4. The van der Waals surface area contributed by atoms with Crippen molar-refractivity contribution in [2.75, 3.05) is 39.6 Å². The van der Waals surface area contributed by atoms with Crippen molar-refractivity contribution >= 4 is 39.5 Å². The van der Waals surface area contributed by atoms with Crippen LogP contribution < -0.4 is 0 Å². The predicted octanol–water partition coefficient (Wildman–Crippen LogP) is 22.5. The van der Waals surface area contributed by atoms with Gasteiger partial charge in [-0.25, -0.2) is 9.13 Å². The van der Waals surface area contributed by atoms with E-state index in [9.17, 15) is 43.2 Å². The molecular weight excluding hydrogens is 1250 g/mol. The Morgan fingerprint density at radius 1 is 0.284 bits per heavy atom. The minimum Gasteiger partial charge on any atom is -0.462 e. The standard InChI is InChI=1S/C76H148O17P2/c1-6-9-12-15-18-21-23-24-25-26-27-28-29-30-33-38-42-47-52-57-62-76(81)93-72(66-87-74(79)60-55-50-45-40-37-34-31-32-36-39-43-48-53-58-69(4)5)68-91-95(84,85)89-64-70(77)63-88-94(82,83)90-67-71(65-86-73(78)59-54-49-44-20-17-14-11-8-3)92-75(80)61-56-51-46-41-35-22-19-16-13-10-7-2/h69-72,77H,6-68H2,1-5H3,(H,82,83)(H,84,85)/t70-,71+,72+/m0/s1. The molecule has 0 aromatic carbocycles. The molecule has 17 nitrogen and oxygen atoms in total. The maximum atomic E-state index is 13.1. The maximum Gasteiger partial charge on any atom is 0.472 e.